The van der Waals surface area contributed by atoms with Crippen molar-refractivity contribution >= 4 is 40.5 Å². The molecule has 3 N–H and O–H groups in total. The van der Waals surface area contributed by atoms with Gasteiger partial charge in [-0.05, 0) is 85.2 Å². The van der Waals surface area contributed by atoms with Gasteiger partial charge in [0.1, 0.15) is 12.1 Å². The van der Waals surface area contributed by atoms with Crippen molar-refractivity contribution in [2.24, 2.45) is 11.3 Å². The molecular formula is C52H66FN7O8. The van der Waals surface area contributed by atoms with Crippen LogP contribution in [0.15, 0.2) is 73.4 Å². The Morgan fingerprint density at radius 3 is 2.46 bits per heavy atom. The molecule has 2 aromatic carbocycles. The van der Waals surface area contributed by atoms with E-state index in [-0.39, 0.29) is 70.4 Å². The summed E-state index contributed by atoms with van der Waals surface area (Å²) < 4.78 is 30.5. The fourth-order valence-corrected chi connectivity index (χ4v) is 10.1. The minimum absolute atomic E-state index is 0.0115. The molecule has 7 rings (SSSR count). The molecule has 4 atom stereocenters. The maximum Gasteiger partial charge on any atom is 0.355 e. The highest BCUT2D eigenvalue weighted by Crippen LogP contribution is 2.42. The van der Waals surface area contributed by atoms with Gasteiger partial charge < -0.3 is 34.3 Å². The first-order valence-corrected chi connectivity index (χ1v) is 23.6. The molecule has 4 aromatic rings. The number of pyridine rings is 1. The number of amides is 4. The zero-order valence-corrected chi connectivity index (χ0v) is 40.6. The van der Waals surface area contributed by atoms with Crippen LogP contribution >= 0.6 is 0 Å². The summed E-state index contributed by atoms with van der Waals surface area (Å²) in [6.07, 6.45) is 2.77. The molecule has 2 aromatic heterocycles. The van der Waals surface area contributed by atoms with Crippen molar-refractivity contribution in [3.8, 4) is 22.4 Å². The molecule has 0 unspecified atom stereocenters. The number of nitrogens with zero attached hydrogens (tertiary/aromatic N) is 5. The molecule has 0 aliphatic carbocycles. The number of ether oxygens (including phenoxy) is 2. The van der Waals surface area contributed by atoms with E-state index in [1.807, 2.05) is 51.1 Å². The van der Waals surface area contributed by atoms with Gasteiger partial charge in [0.25, 0.3) is 11.8 Å². The lowest BCUT2D eigenvalue weighted by atomic mass is 9.84. The summed E-state index contributed by atoms with van der Waals surface area (Å²) >= 11 is 0. The molecule has 0 saturated carbocycles. The molecule has 3 aliphatic rings. The molecule has 0 spiro atoms. The first-order valence-electron chi connectivity index (χ1n) is 23.6. The predicted octanol–water partition coefficient (Wildman–Crippen LogP) is 6.07. The van der Waals surface area contributed by atoms with E-state index in [2.05, 4.69) is 53.1 Å². The molecule has 0 radical (unpaired) electrons. The van der Waals surface area contributed by atoms with Crippen molar-refractivity contribution < 1.29 is 42.9 Å². The number of carbonyl (C=O) groups is 5. The van der Waals surface area contributed by atoms with Gasteiger partial charge in [-0.2, -0.15) is 5.43 Å². The molecule has 3 aliphatic heterocycles. The average molecular weight is 936 g/mol. The fourth-order valence-electron chi connectivity index (χ4n) is 10.1. The lowest BCUT2D eigenvalue weighted by molar-refractivity contribution is -0.189. The number of rotatable bonds is 10. The van der Waals surface area contributed by atoms with Crippen LogP contribution in [0.5, 0.6) is 0 Å². The number of likely N-dealkylation sites (N-methyl/N-ethyl adjacent to an activating group) is 1. The van der Waals surface area contributed by atoms with Crippen molar-refractivity contribution in [1.29, 1.82) is 0 Å². The standard InChI is InChI=1S/C52H66FN7O8/c1-10-42(61)58-25-21-51(53,22-26-58)48(64)57(8)44(32(3)4)46(62)55-40-28-34-15-12-16-35(27-34)36-18-19-41-38(29-36)39(45(59(41)11-2)37-17-13-23-54-43(37)33(5)67-9)30-50(6,7)31-68-49(65)52(66)20-14-24-60(56-52)47(40)63/h10,12-13,15-19,23,27,29,32-33,40,44,56,66H,1,11,14,20-22,24-26,28,30-31H2,2-9H3,(H,55,62)/t33-,40-,44-,52-/m0/s1. The summed E-state index contributed by atoms with van der Waals surface area (Å²) in [6.45, 7) is 15.7. The number of carbonyl (C=O) groups excluding carboxylic acids is 5. The number of halogens is 1. The Bertz CT molecular complexity index is 2580. The molecule has 364 valence electrons. The second-order valence-electron chi connectivity index (χ2n) is 19.7. The van der Waals surface area contributed by atoms with E-state index in [4.69, 9.17) is 14.5 Å². The highest BCUT2D eigenvalue weighted by molar-refractivity contribution is 5.96. The maximum absolute atomic E-state index is 16.4. The van der Waals surface area contributed by atoms with E-state index >= 15 is 4.39 Å². The summed E-state index contributed by atoms with van der Waals surface area (Å²) in [7, 11) is 3.03. The number of aliphatic hydroxyl groups is 1. The van der Waals surface area contributed by atoms with Crippen LogP contribution in [0.4, 0.5) is 4.39 Å². The molecule has 16 heteroatoms. The summed E-state index contributed by atoms with van der Waals surface area (Å²) in [4.78, 5) is 76.7. The Morgan fingerprint density at radius 2 is 1.78 bits per heavy atom. The van der Waals surface area contributed by atoms with Crippen LogP contribution in [0.2, 0.25) is 0 Å². The van der Waals surface area contributed by atoms with Crippen LogP contribution in [0.25, 0.3) is 33.3 Å². The number of aryl methyl sites for hydroxylation is 1. The molecule has 6 bridgehead atoms. The lowest BCUT2D eigenvalue weighted by Gasteiger charge is -2.41. The molecule has 2 saturated heterocycles. The van der Waals surface area contributed by atoms with Gasteiger partial charge in [0.15, 0.2) is 5.67 Å². The van der Waals surface area contributed by atoms with Crippen molar-refractivity contribution in [2.45, 2.75) is 116 Å². The number of hydrogen-bond acceptors (Lipinski definition) is 10. The molecule has 4 amide bonds. The first kappa shape index (κ1) is 49.9. The largest absolute Gasteiger partial charge is 0.462 e. The van der Waals surface area contributed by atoms with Crippen LogP contribution in [0, 0.1) is 11.3 Å². The minimum atomic E-state index is -2.32. The number of fused-ring (bicyclic) bond motifs is 6. The minimum Gasteiger partial charge on any atom is -0.462 e. The number of alkyl halides is 1. The van der Waals surface area contributed by atoms with Gasteiger partial charge in [0.2, 0.25) is 17.5 Å². The van der Waals surface area contributed by atoms with Crippen LogP contribution in [-0.2, 0) is 52.8 Å². The number of hydrogen-bond donors (Lipinski definition) is 3. The maximum atomic E-state index is 16.4. The quantitative estimate of drug-likeness (QED) is 0.125. The number of hydrazine groups is 1. The zero-order chi connectivity index (χ0) is 49.3. The summed E-state index contributed by atoms with van der Waals surface area (Å²) in [5.74, 6) is -4.02. The van der Waals surface area contributed by atoms with Crippen LogP contribution in [0.3, 0.4) is 0 Å². The van der Waals surface area contributed by atoms with Crippen molar-refractivity contribution in [1.82, 2.24) is 35.1 Å². The predicted molar refractivity (Wildman–Crippen MR) is 256 cm³/mol. The van der Waals surface area contributed by atoms with Gasteiger partial charge in [-0.1, -0.05) is 64.6 Å². The number of likely N-dealkylation sites (tertiary alicyclic amines) is 1. The van der Waals surface area contributed by atoms with Gasteiger partial charge in [0.05, 0.1) is 24.1 Å². The number of cyclic esters (lactones) is 1. The Labute approximate surface area is 398 Å². The molecular weight excluding hydrogens is 870 g/mol. The average Bonchev–Trinajstić information content (AvgIpc) is 3.63. The fraction of sp³-hybridized carbons (Fsp3) is 0.500. The van der Waals surface area contributed by atoms with Crippen LogP contribution in [-0.4, -0.2) is 123 Å². The van der Waals surface area contributed by atoms with Gasteiger partial charge in [-0.25, -0.2) is 9.18 Å². The number of nitrogens with one attached hydrogen (secondary N) is 2. The smallest absolute Gasteiger partial charge is 0.355 e. The molecule has 68 heavy (non-hydrogen) atoms. The number of esters is 1. The van der Waals surface area contributed by atoms with E-state index in [0.29, 0.717) is 18.5 Å². The van der Waals surface area contributed by atoms with E-state index in [9.17, 15) is 29.1 Å². The lowest BCUT2D eigenvalue weighted by Crippen LogP contribution is -2.67. The van der Waals surface area contributed by atoms with Gasteiger partial charge in [-0.15, -0.1) is 0 Å². The third-order valence-electron chi connectivity index (χ3n) is 13.8. The third kappa shape index (κ3) is 9.94. The van der Waals surface area contributed by atoms with Crippen molar-refractivity contribution in [3.63, 3.8) is 0 Å². The van der Waals surface area contributed by atoms with Crippen LogP contribution < -0.4 is 10.7 Å². The highest BCUT2D eigenvalue weighted by Gasteiger charge is 2.48. The summed E-state index contributed by atoms with van der Waals surface area (Å²) in [5.41, 5.74) is 4.72. The molecule has 5 heterocycles. The number of piperidine rings is 1. The Balaban J connectivity index is 1.30. The summed E-state index contributed by atoms with van der Waals surface area (Å²) in [5, 5.41) is 16.9. The number of benzene rings is 2. The molecule has 15 nitrogen and oxygen atoms in total. The Kier molecular flexibility index (Phi) is 14.6. The van der Waals surface area contributed by atoms with Gasteiger partial charge >= 0.3 is 5.97 Å². The SMILES string of the molecule is C=CC(=O)N1CCC(F)(C(=O)N(C)[C@H](C(=O)N[C@H]2Cc3cccc(c3)-c3ccc4c(c3)c(c(-c3cccnc3[C@H](C)OC)n4CC)CC(C)(C)COC(=O)[C@@]3(O)CCCN(N3)C2=O)C(C)C)CC1. The third-order valence-corrected chi connectivity index (χ3v) is 13.8. The number of aromatic nitrogens is 2. The van der Waals surface area contributed by atoms with E-state index in [1.165, 1.54) is 11.9 Å². The van der Waals surface area contributed by atoms with E-state index in [1.54, 1.807) is 27.2 Å². The normalized spacial score (nSPS) is 21.7. The highest BCUT2D eigenvalue weighted by atomic mass is 19.1. The second kappa shape index (κ2) is 19.9. The van der Waals surface area contributed by atoms with E-state index < -0.39 is 58.5 Å². The molecule has 2 fully saturated rings. The van der Waals surface area contributed by atoms with Gasteiger partial charge in [0, 0.05) is 94.1 Å². The zero-order valence-electron chi connectivity index (χ0n) is 40.6. The Hall–Kier alpha value is -5.97. The first-order chi connectivity index (χ1) is 32.2. The summed E-state index contributed by atoms with van der Waals surface area (Å²) in [6, 6.07) is 15.6. The van der Waals surface area contributed by atoms with Crippen molar-refractivity contribution in [3.05, 3.63) is 90.3 Å². The van der Waals surface area contributed by atoms with E-state index in [0.717, 1.165) is 60.5 Å². The number of methoxy groups -OCH3 is 1. The van der Waals surface area contributed by atoms with Gasteiger partial charge in [-0.3, -0.25) is 29.2 Å². The monoisotopic (exact) mass is 935 g/mol. The topological polar surface area (TPSA) is 176 Å². The van der Waals surface area contributed by atoms with Crippen molar-refractivity contribution in [2.75, 3.05) is 40.4 Å². The van der Waals surface area contributed by atoms with Crippen LogP contribution in [0.1, 0.15) is 90.2 Å². The Morgan fingerprint density at radius 1 is 1.06 bits per heavy atom. The second-order valence-corrected chi connectivity index (χ2v) is 19.7.